The molecular formula is C14H27N3. The van der Waals surface area contributed by atoms with Crippen LogP contribution in [0.15, 0.2) is 6.07 Å². The van der Waals surface area contributed by atoms with Gasteiger partial charge < -0.3 is 5.73 Å². The molecule has 2 unspecified atom stereocenters. The van der Waals surface area contributed by atoms with Crippen molar-refractivity contribution in [2.45, 2.75) is 66.0 Å². The summed E-state index contributed by atoms with van der Waals surface area (Å²) >= 11 is 0. The predicted molar refractivity (Wildman–Crippen MR) is 72.9 cm³/mol. The van der Waals surface area contributed by atoms with Crippen LogP contribution in [0.3, 0.4) is 0 Å². The van der Waals surface area contributed by atoms with Gasteiger partial charge in [-0.3, -0.25) is 4.68 Å². The first-order valence-corrected chi connectivity index (χ1v) is 6.94. The van der Waals surface area contributed by atoms with Gasteiger partial charge in [-0.2, -0.15) is 5.10 Å². The number of aromatic nitrogens is 2. The summed E-state index contributed by atoms with van der Waals surface area (Å²) < 4.78 is 2.06. The number of nitrogens with two attached hydrogens (primary N) is 1. The van der Waals surface area contributed by atoms with Crippen LogP contribution in [0.4, 0.5) is 0 Å². The van der Waals surface area contributed by atoms with Crippen molar-refractivity contribution in [3.8, 4) is 0 Å². The van der Waals surface area contributed by atoms with Crippen molar-refractivity contribution in [3.63, 3.8) is 0 Å². The van der Waals surface area contributed by atoms with Crippen molar-refractivity contribution in [3.05, 3.63) is 17.5 Å². The van der Waals surface area contributed by atoms with Crippen molar-refractivity contribution in [2.75, 3.05) is 0 Å². The maximum Gasteiger partial charge on any atom is 0.0625 e. The highest BCUT2D eigenvalue weighted by Crippen LogP contribution is 2.22. The average Bonchev–Trinajstić information content (AvgIpc) is 2.72. The van der Waals surface area contributed by atoms with Gasteiger partial charge in [0, 0.05) is 12.6 Å². The summed E-state index contributed by atoms with van der Waals surface area (Å²) in [6.07, 6.45) is 4.54. The van der Waals surface area contributed by atoms with Crippen LogP contribution in [0.2, 0.25) is 0 Å². The fourth-order valence-corrected chi connectivity index (χ4v) is 2.38. The zero-order chi connectivity index (χ0) is 12.8. The van der Waals surface area contributed by atoms with Crippen LogP contribution >= 0.6 is 0 Å². The molecule has 0 amide bonds. The van der Waals surface area contributed by atoms with Crippen LogP contribution in [-0.4, -0.2) is 9.78 Å². The van der Waals surface area contributed by atoms with Gasteiger partial charge in [-0.1, -0.05) is 33.6 Å². The molecule has 1 rings (SSSR count). The summed E-state index contributed by atoms with van der Waals surface area (Å²) in [5, 5.41) is 4.56. The third-order valence-electron chi connectivity index (χ3n) is 3.34. The van der Waals surface area contributed by atoms with Crippen molar-refractivity contribution >= 4 is 0 Å². The van der Waals surface area contributed by atoms with Crippen molar-refractivity contribution in [1.29, 1.82) is 0 Å². The van der Waals surface area contributed by atoms with Crippen molar-refractivity contribution in [1.82, 2.24) is 9.78 Å². The fourth-order valence-electron chi connectivity index (χ4n) is 2.38. The van der Waals surface area contributed by atoms with E-state index < -0.39 is 0 Å². The molecular weight excluding hydrogens is 210 g/mol. The van der Waals surface area contributed by atoms with E-state index in [0.717, 1.165) is 25.1 Å². The second-order valence-electron chi connectivity index (χ2n) is 4.97. The minimum Gasteiger partial charge on any atom is -0.323 e. The second kappa shape index (κ2) is 6.80. The number of aryl methyl sites for hydroxylation is 2. The van der Waals surface area contributed by atoms with Gasteiger partial charge in [0.25, 0.3) is 0 Å². The molecule has 0 spiro atoms. The quantitative estimate of drug-likeness (QED) is 0.791. The third kappa shape index (κ3) is 3.84. The maximum atomic E-state index is 6.31. The lowest BCUT2D eigenvalue weighted by atomic mass is 9.96. The molecule has 0 aliphatic heterocycles. The fraction of sp³-hybridized carbons (Fsp3) is 0.786. The molecule has 2 N–H and O–H groups in total. The van der Waals surface area contributed by atoms with Crippen LogP contribution in [0.1, 0.15) is 64.4 Å². The largest absolute Gasteiger partial charge is 0.323 e. The molecule has 0 aromatic carbocycles. The Morgan fingerprint density at radius 3 is 2.59 bits per heavy atom. The molecule has 1 aromatic rings. The summed E-state index contributed by atoms with van der Waals surface area (Å²) in [6, 6.07) is 2.30. The number of hydrogen-bond donors (Lipinski definition) is 1. The van der Waals surface area contributed by atoms with E-state index in [1.165, 1.54) is 18.5 Å². The second-order valence-corrected chi connectivity index (χ2v) is 4.97. The minimum absolute atomic E-state index is 0.129. The van der Waals surface area contributed by atoms with E-state index in [-0.39, 0.29) is 6.04 Å². The Bertz CT molecular complexity index is 330. The van der Waals surface area contributed by atoms with E-state index in [0.29, 0.717) is 5.92 Å². The van der Waals surface area contributed by atoms with Gasteiger partial charge in [0.05, 0.1) is 11.4 Å². The Morgan fingerprint density at radius 1 is 1.35 bits per heavy atom. The van der Waals surface area contributed by atoms with E-state index in [2.05, 4.69) is 43.5 Å². The highest BCUT2D eigenvalue weighted by molar-refractivity contribution is 5.14. The molecule has 98 valence electrons. The molecule has 3 heteroatoms. The Kier molecular flexibility index (Phi) is 5.69. The van der Waals surface area contributed by atoms with Gasteiger partial charge in [0.1, 0.15) is 0 Å². The zero-order valence-corrected chi connectivity index (χ0v) is 11.7. The van der Waals surface area contributed by atoms with E-state index in [1.807, 2.05) is 0 Å². The molecule has 0 radical (unpaired) electrons. The van der Waals surface area contributed by atoms with Gasteiger partial charge in [-0.05, 0) is 31.7 Å². The first-order chi connectivity index (χ1) is 8.12. The Hall–Kier alpha value is -0.830. The molecule has 1 aromatic heterocycles. The van der Waals surface area contributed by atoms with Crippen molar-refractivity contribution in [2.24, 2.45) is 11.7 Å². The van der Waals surface area contributed by atoms with E-state index in [4.69, 9.17) is 5.73 Å². The first-order valence-electron chi connectivity index (χ1n) is 6.94. The zero-order valence-electron chi connectivity index (χ0n) is 11.7. The van der Waals surface area contributed by atoms with E-state index >= 15 is 0 Å². The normalized spacial score (nSPS) is 14.9. The smallest absolute Gasteiger partial charge is 0.0625 e. The number of hydrogen-bond acceptors (Lipinski definition) is 2. The topological polar surface area (TPSA) is 43.8 Å². The highest BCUT2D eigenvalue weighted by Gasteiger charge is 2.16. The summed E-state index contributed by atoms with van der Waals surface area (Å²) in [7, 11) is 0. The monoisotopic (exact) mass is 237 g/mol. The summed E-state index contributed by atoms with van der Waals surface area (Å²) in [5.41, 5.74) is 8.66. The first kappa shape index (κ1) is 14.2. The van der Waals surface area contributed by atoms with Crippen LogP contribution in [-0.2, 0) is 13.0 Å². The van der Waals surface area contributed by atoms with Crippen LogP contribution in [0, 0.1) is 5.92 Å². The van der Waals surface area contributed by atoms with Crippen LogP contribution in [0.5, 0.6) is 0 Å². The average molecular weight is 237 g/mol. The molecule has 2 atom stereocenters. The molecule has 0 fully saturated rings. The number of nitrogens with zero attached hydrogens (tertiary/aromatic N) is 2. The van der Waals surface area contributed by atoms with E-state index in [1.54, 1.807) is 0 Å². The van der Waals surface area contributed by atoms with Gasteiger partial charge in [-0.25, -0.2) is 0 Å². The predicted octanol–water partition coefficient (Wildman–Crippen LogP) is 3.29. The molecule has 0 saturated carbocycles. The lowest BCUT2D eigenvalue weighted by Gasteiger charge is -2.17. The van der Waals surface area contributed by atoms with Gasteiger partial charge in [0.2, 0.25) is 0 Å². The maximum absolute atomic E-state index is 6.31. The highest BCUT2D eigenvalue weighted by atomic mass is 15.3. The van der Waals surface area contributed by atoms with Crippen molar-refractivity contribution < 1.29 is 0 Å². The Labute approximate surface area is 105 Å². The lowest BCUT2D eigenvalue weighted by Crippen LogP contribution is -2.18. The lowest BCUT2D eigenvalue weighted by molar-refractivity contribution is 0.423. The SMILES string of the molecule is CCCC(C)CC(N)c1cc(CC)nn1CC. The molecule has 0 aliphatic rings. The Balaban J connectivity index is 2.73. The standard InChI is InChI=1S/C14H27N3/c1-5-8-11(4)9-13(15)14-10-12(6-2)16-17(14)7-3/h10-11,13H,5-9,15H2,1-4H3. The summed E-state index contributed by atoms with van der Waals surface area (Å²) in [5.74, 6) is 0.695. The molecule has 1 heterocycles. The molecule has 0 aliphatic carbocycles. The van der Waals surface area contributed by atoms with Crippen LogP contribution in [0.25, 0.3) is 0 Å². The van der Waals surface area contributed by atoms with Gasteiger partial charge in [-0.15, -0.1) is 0 Å². The number of rotatable bonds is 7. The molecule has 0 bridgehead atoms. The molecule has 3 nitrogen and oxygen atoms in total. The third-order valence-corrected chi connectivity index (χ3v) is 3.34. The Morgan fingerprint density at radius 2 is 2.06 bits per heavy atom. The molecule has 17 heavy (non-hydrogen) atoms. The minimum atomic E-state index is 0.129. The van der Waals surface area contributed by atoms with E-state index in [9.17, 15) is 0 Å². The van der Waals surface area contributed by atoms with Gasteiger partial charge >= 0.3 is 0 Å². The summed E-state index contributed by atoms with van der Waals surface area (Å²) in [6.45, 7) is 9.69. The summed E-state index contributed by atoms with van der Waals surface area (Å²) in [4.78, 5) is 0. The van der Waals surface area contributed by atoms with Crippen LogP contribution < -0.4 is 5.73 Å². The van der Waals surface area contributed by atoms with Gasteiger partial charge in [0.15, 0.2) is 0 Å². The molecule has 0 saturated heterocycles.